The molecule has 98 valence electrons. The van der Waals surface area contributed by atoms with E-state index in [-0.39, 0.29) is 11.7 Å². The topological polar surface area (TPSA) is 76.4 Å². The molecular formula is C11H14ClN3O3. The Kier molecular flexibility index (Phi) is 4.35. The molecule has 0 radical (unpaired) electrons. The Hall–Kier alpha value is -1.37. The molecule has 1 aliphatic heterocycles. The van der Waals surface area contributed by atoms with E-state index >= 15 is 0 Å². The minimum absolute atomic E-state index is 0.0146. The van der Waals surface area contributed by atoms with Crippen LogP contribution < -0.4 is 10.6 Å². The third kappa shape index (κ3) is 3.10. The molecular weight excluding hydrogens is 258 g/mol. The molecule has 6 nitrogen and oxygen atoms in total. The van der Waals surface area contributed by atoms with Gasteiger partial charge >= 0.3 is 0 Å². The number of rotatable bonds is 4. The van der Waals surface area contributed by atoms with Crippen LogP contribution in [0, 0.1) is 10.1 Å². The highest BCUT2D eigenvalue weighted by atomic mass is 35.5. The monoisotopic (exact) mass is 271 g/mol. The molecule has 1 atom stereocenters. The summed E-state index contributed by atoms with van der Waals surface area (Å²) in [5.74, 6) is 0. The second-order valence-corrected chi connectivity index (χ2v) is 4.41. The minimum Gasteiger partial charge on any atom is -0.378 e. The van der Waals surface area contributed by atoms with Crippen molar-refractivity contribution in [1.29, 1.82) is 0 Å². The zero-order chi connectivity index (χ0) is 13.0. The zero-order valence-electron chi connectivity index (χ0n) is 9.69. The van der Waals surface area contributed by atoms with Gasteiger partial charge in [-0.3, -0.25) is 10.1 Å². The number of ether oxygens (including phenoxy) is 1. The lowest BCUT2D eigenvalue weighted by atomic mass is 10.2. The molecule has 2 rings (SSSR count). The van der Waals surface area contributed by atoms with E-state index in [0.29, 0.717) is 30.5 Å². The molecule has 1 aromatic carbocycles. The van der Waals surface area contributed by atoms with Gasteiger partial charge in [0.1, 0.15) is 5.69 Å². The summed E-state index contributed by atoms with van der Waals surface area (Å²) < 4.78 is 5.31. The number of nitro benzene ring substituents is 1. The summed E-state index contributed by atoms with van der Waals surface area (Å²) in [6.07, 6.45) is 0. The SMILES string of the molecule is O=[N+]([O-])c1cccc(Cl)c1NCC1COCCN1. The number of nitrogens with zero attached hydrogens (tertiary/aromatic N) is 1. The van der Waals surface area contributed by atoms with Gasteiger partial charge in [0.25, 0.3) is 5.69 Å². The van der Waals surface area contributed by atoms with E-state index in [1.165, 1.54) is 6.07 Å². The van der Waals surface area contributed by atoms with E-state index in [1.54, 1.807) is 12.1 Å². The van der Waals surface area contributed by atoms with Crippen LogP contribution in [0.1, 0.15) is 0 Å². The number of nitro groups is 1. The fraction of sp³-hybridized carbons (Fsp3) is 0.455. The molecule has 1 heterocycles. The second-order valence-electron chi connectivity index (χ2n) is 4.00. The average Bonchev–Trinajstić information content (AvgIpc) is 2.38. The van der Waals surface area contributed by atoms with Crippen molar-refractivity contribution in [2.75, 3.05) is 31.6 Å². The second kappa shape index (κ2) is 5.99. The van der Waals surface area contributed by atoms with Gasteiger partial charge < -0.3 is 15.4 Å². The highest BCUT2D eigenvalue weighted by molar-refractivity contribution is 6.33. The summed E-state index contributed by atoms with van der Waals surface area (Å²) in [5.41, 5.74) is 0.343. The maximum atomic E-state index is 10.9. The van der Waals surface area contributed by atoms with Crippen LogP contribution in [0.5, 0.6) is 0 Å². The van der Waals surface area contributed by atoms with Crippen LogP contribution in [0.4, 0.5) is 11.4 Å². The van der Waals surface area contributed by atoms with Gasteiger partial charge in [-0.25, -0.2) is 0 Å². The molecule has 0 amide bonds. The Morgan fingerprint density at radius 1 is 1.61 bits per heavy atom. The lowest BCUT2D eigenvalue weighted by molar-refractivity contribution is -0.383. The summed E-state index contributed by atoms with van der Waals surface area (Å²) in [6, 6.07) is 4.75. The van der Waals surface area contributed by atoms with E-state index < -0.39 is 4.92 Å². The van der Waals surface area contributed by atoms with Crippen LogP contribution in [-0.4, -0.2) is 37.3 Å². The summed E-state index contributed by atoms with van der Waals surface area (Å²) in [6.45, 7) is 2.61. The number of anilines is 1. The standard InChI is InChI=1S/C11H14ClN3O3/c12-9-2-1-3-10(15(16)17)11(9)14-6-8-7-18-5-4-13-8/h1-3,8,13-14H,4-7H2. The highest BCUT2D eigenvalue weighted by Crippen LogP contribution is 2.31. The first-order valence-corrected chi connectivity index (χ1v) is 6.04. The molecule has 7 heteroatoms. The molecule has 0 spiro atoms. The van der Waals surface area contributed by atoms with Crippen molar-refractivity contribution in [3.8, 4) is 0 Å². The Bertz CT molecular complexity index is 436. The molecule has 18 heavy (non-hydrogen) atoms. The van der Waals surface area contributed by atoms with Gasteiger partial charge in [0.05, 0.1) is 23.2 Å². The predicted molar refractivity (Wildman–Crippen MR) is 69.2 cm³/mol. The first-order valence-electron chi connectivity index (χ1n) is 5.66. The Morgan fingerprint density at radius 2 is 2.44 bits per heavy atom. The van der Waals surface area contributed by atoms with Crippen molar-refractivity contribution in [2.45, 2.75) is 6.04 Å². The van der Waals surface area contributed by atoms with Crippen LogP contribution in [0.2, 0.25) is 5.02 Å². The number of halogens is 1. The largest absolute Gasteiger partial charge is 0.378 e. The van der Waals surface area contributed by atoms with Crippen molar-refractivity contribution >= 4 is 23.0 Å². The van der Waals surface area contributed by atoms with E-state index in [0.717, 1.165) is 6.54 Å². The van der Waals surface area contributed by atoms with Crippen molar-refractivity contribution in [3.05, 3.63) is 33.3 Å². The van der Waals surface area contributed by atoms with Crippen molar-refractivity contribution < 1.29 is 9.66 Å². The smallest absolute Gasteiger partial charge is 0.293 e. The van der Waals surface area contributed by atoms with E-state index in [4.69, 9.17) is 16.3 Å². The van der Waals surface area contributed by atoms with Gasteiger partial charge in [-0.05, 0) is 6.07 Å². The third-order valence-corrected chi connectivity index (χ3v) is 3.03. The van der Waals surface area contributed by atoms with Crippen LogP contribution >= 0.6 is 11.6 Å². The summed E-state index contributed by atoms with van der Waals surface area (Å²) in [4.78, 5) is 10.4. The van der Waals surface area contributed by atoms with Gasteiger partial charge in [-0.2, -0.15) is 0 Å². The van der Waals surface area contributed by atoms with Crippen LogP contribution in [0.15, 0.2) is 18.2 Å². The highest BCUT2D eigenvalue weighted by Gasteiger charge is 2.18. The Morgan fingerprint density at radius 3 is 3.11 bits per heavy atom. The fourth-order valence-electron chi connectivity index (χ4n) is 1.82. The molecule has 0 aromatic heterocycles. The maximum Gasteiger partial charge on any atom is 0.293 e. The molecule has 0 bridgehead atoms. The Labute approximate surface area is 109 Å². The first-order chi connectivity index (χ1) is 8.68. The molecule has 2 N–H and O–H groups in total. The molecule has 1 aliphatic rings. The number of benzene rings is 1. The number of para-hydroxylation sites is 1. The maximum absolute atomic E-state index is 10.9. The summed E-state index contributed by atoms with van der Waals surface area (Å²) in [7, 11) is 0. The van der Waals surface area contributed by atoms with Gasteiger partial charge in [-0.15, -0.1) is 0 Å². The van der Waals surface area contributed by atoms with Gasteiger partial charge in [-0.1, -0.05) is 17.7 Å². The third-order valence-electron chi connectivity index (χ3n) is 2.71. The summed E-state index contributed by atoms with van der Waals surface area (Å²) >= 11 is 5.97. The van der Waals surface area contributed by atoms with Crippen LogP contribution in [0.25, 0.3) is 0 Å². The Balaban J connectivity index is 2.05. The van der Waals surface area contributed by atoms with Gasteiger partial charge in [0, 0.05) is 25.2 Å². The lowest BCUT2D eigenvalue weighted by Crippen LogP contribution is -2.45. The number of nitrogens with one attached hydrogen (secondary N) is 2. The number of hydrogen-bond donors (Lipinski definition) is 2. The molecule has 1 aromatic rings. The molecule has 1 fully saturated rings. The quantitative estimate of drug-likeness (QED) is 0.643. The van der Waals surface area contributed by atoms with Gasteiger partial charge in [0.2, 0.25) is 0 Å². The minimum atomic E-state index is -0.445. The molecule has 1 saturated heterocycles. The normalized spacial score (nSPS) is 19.5. The number of hydrogen-bond acceptors (Lipinski definition) is 5. The van der Waals surface area contributed by atoms with E-state index in [1.807, 2.05) is 0 Å². The molecule has 0 aliphatic carbocycles. The summed E-state index contributed by atoms with van der Waals surface area (Å²) in [5, 5.41) is 17.5. The van der Waals surface area contributed by atoms with Gasteiger partial charge in [0.15, 0.2) is 0 Å². The van der Waals surface area contributed by atoms with Crippen molar-refractivity contribution in [2.24, 2.45) is 0 Å². The molecule has 0 saturated carbocycles. The molecule has 1 unspecified atom stereocenters. The van der Waals surface area contributed by atoms with Crippen LogP contribution in [-0.2, 0) is 4.74 Å². The first kappa shape index (κ1) is 13.1. The van der Waals surface area contributed by atoms with E-state index in [9.17, 15) is 10.1 Å². The fourth-order valence-corrected chi connectivity index (χ4v) is 2.05. The number of morpholine rings is 1. The lowest BCUT2D eigenvalue weighted by Gasteiger charge is -2.24. The predicted octanol–water partition coefficient (Wildman–Crippen LogP) is 1.65. The van der Waals surface area contributed by atoms with Crippen molar-refractivity contribution in [1.82, 2.24) is 5.32 Å². The van der Waals surface area contributed by atoms with Crippen molar-refractivity contribution in [3.63, 3.8) is 0 Å². The average molecular weight is 272 g/mol. The van der Waals surface area contributed by atoms with Crippen LogP contribution in [0.3, 0.4) is 0 Å². The zero-order valence-corrected chi connectivity index (χ0v) is 10.4. The van der Waals surface area contributed by atoms with E-state index in [2.05, 4.69) is 10.6 Å².